The Morgan fingerprint density at radius 3 is 1.97 bits per heavy atom. The highest BCUT2D eigenvalue weighted by molar-refractivity contribution is 6.30. The second-order valence-corrected chi connectivity index (χ2v) is 9.17. The predicted molar refractivity (Wildman–Crippen MR) is 130 cm³/mol. The molecule has 3 aliphatic rings. The third-order valence-corrected chi connectivity index (χ3v) is 7.14. The summed E-state index contributed by atoms with van der Waals surface area (Å²) in [6, 6.07) is 30.6. The summed E-state index contributed by atoms with van der Waals surface area (Å²) >= 11 is 6.05. The molecule has 3 heterocycles. The van der Waals surface area contributed by atoms with E-state index in [9.17, 15) is 0 Å². The van der Waals surface area contributed by atoms with E-state index in [0.29, 0.717) is 17.9 Å². The fraction of sp³-hybridized carbons (Fsp3) is 0.321. The number of hydrogen-bond acceptors (Lipinski definition) is 2. The van der Waals surface area contributed by atoms with Gasteiger partial charge in [0.05, 0.1) is 6.04 Å². The van der Waals surface area contributed by atoms with Gasteiger partial charge in [-0.1, -0.05) is 84.4 Å². The molecule has 6 rings (SSSR count). The summed E-state index contributed by atoms with van der Waals surface area (Å²) in [7, 11) is 0. The molecule has 3 saturated heterocycles. The second-order valence-electron chi connectivity index (χ2n) is 8.74. The Hall–Kier alpha value is -2.42. The Bertz CT molecular complexity index is 966. The first kappa shape index (κ1) is 20.5. The minimum Gasteiger partial charge on any atom is -0.294 e. The van der Waals surface area contributed by atoms with Crippen LogP contribution in [-0.4, -0.2) is 36.3 Å². The summed E-state index contributed by atoms with van der Waals surface area (Å²) in [4.78, 5) is 7.97. The Morgan fingerprint density at radius 2 is 1.39 bits per heavy atom. The lowest BCUT2D eigenvalue weighted by atomic mass is 9.72. The van der Waals surface area contributed by atoms with E-state index >= 15 is 0 Å². The van der Waals surface area contributed by atoms with Crippen molar-refractivity contribution in [3.8, 4) is 0 Å². The molecule has 2 nitrogen and oxygen atoms in total. The van der Waals surface area contributed by atoms with E-state index in [-0.39, 0.29) is 0 Å². The molecule has 0 amide bonds. The van der Waals surface area contributed by atoms with E-state index in [0.717, 1.165) is 18.0 Å². The molecule has 158 valence electrons. The summed E-state index contributed by atoms with van der Waals surface area (Å²) < 4.78 is 0. The normalized spacial score (nSPS) is 24.1. The Kier molecular flexibility index (Phi) is 6.20. The summed E-state index contributed by atoms with van der Waals surface area (Å²) in [6.07, 6.45) is 3.45. The third-order valence-electron chi connectivity index (χ3n) is 6.89. The van der Waals surface area contributed by atoms with Crippen molar-refractivity contribution in [2.24, 2.45) is 10.9 Å². The van der Waals surface area contributed by atoms with Crippen molar-refractivity contribution >= 4 is 17.3 Å². The van der Waals surface area contributed by atoms with Gasteiger partial charge in [0.25, 0.3) is 0 Å². The topological polar surface area (TPSA) is 15.6 Å². The van der Waals surface area contributed by atoms with E-state index < -0.39 is 0 Å². The highest BCUT2D eigenvalue weighted by Crippen LogP contribution is 2.40. The van der Waals surface area contributed by atoms with Crippen LogP contribution in [0, 0.1) is 5.92 Å². The van der Waals surface area contributed by atoms with Crippen molar-refractivity contribution in [2.75, 3.05) is 19.6 Å². The lowest BCUT2D eigenvalue weighted by Crippen LogP contribution is -2.58. The van der Waals surface area contributed by atoms with Gasteiger partial charge in [-0.05, 0) is 61.2 Å². The fourth-order valence-electron chi connectivity index (χ4n) is 5.35. The lowest BCUT2D eigenvalue weighted by molar-refractivity contribution is 0.136. The number of piperidine rings is 3. The molecular weight excluding hydrogens is 400 g/mol. The molecule has 31 heavy (non-hydrogen) atoms. The van der Waals surface area contributed by atoms with Crippen LogP contribution in [0.5, 0.6) is 0 Å². The zero-order valence-electron chi connectivity index (χ0n) is 17.8. The maximum absolute atomic E-state index is 6.05. The Labute approximate surface area is 190 Å². The van der Waals surface area contributed by atoms with Gasteiger partial charge in [-0.2, -0.15) is 0 Å². The molecule has 1 unspecified atom stereocenters. The molecule has 3 heteroatoms. The maximum atomic E-state index is 6.05. The maximum Gasteiger partial charge on any atom is 0.0589 e. The minimum atomic E-state index is 0.319. The van der Waals surface area contributed by atoms with E-state index in [4.69, 9.17) is 16.6 Å². The van der Waals surface area contributed by atoms with Crippen molar-refractivity contribution in [2.45, 2.75) is 31.2 Å². The van der Waals surface area contributed by atoms with Gasteiger partial charge in [-0.3, -0.25) is 9.89 Å². The molecule has 3 fully saturated rings. The van der Waals surface area contributed by atoms with Crippen LogP contribution in [0.2, 0.25) is 5.02 Å². The van der Waals surface area contributed by atoms with E-state index in [1.54, 1.807) is 0 Å². The number of fused-ring (bicyclic) bond motifs is 3. The van der Waals surface area contributed by atoms with E-state index in [1.165, 1.54) is 48.3 Å². The number of halogens is 1. The van der Waals surface area contributed by atoms with E-state index in [2.05, 4.69) is 77.7 Å². The van der Waals surface area contributed by atoms with Crippen LogP contribution >= 0.6 is 11.6 Å². The van der Waals surface area contributed by atoms with Crippen molar-refractivity contribution in [1.29, 1.82) is 0 Å². The fourth-order valence-corrected chi connectivity index (χ4v) is 5.48. The van der Waals surface area contributed by atoms with Gasteiger partial charge >= 0.3 is 0 Å². The average molecular weight is 429 g/mol. The molecule has 1 atom stereocenters. The van der Waals surface area contributed by atoms with Gasteiger partial charge in [0, 0.05) is 29.1 Å². The highest BCUT2D eigenvalue weighted by atomic mass is 35.5. The quantitative estimate of drug-likeness (QED) is 0.453. The predicted octanol–water partition coefficient (Wildman–Crippen LogP) is 6.25. The molecule has 3 aromatic carbocycles. The molecule has 0 aliphatic carbocycles. The first-order chi connectivity index (χ1) is 15.3. The highest BCUT2D eigenvalue weighted by Gasteiger charge is 2.43. The molecule has 0 spiro atoms. The summed E-state index contributed by atoms with van der Waals surface area (Å²) in [5.74, 6) is 0.940. The minimum absolute atomic E-state index is 0.319. The van der Waals surface area contributed by atoms with Crippen LogP contribution in [0.25, 0.3) is 0 Å². The summed E-state index contributed by atoms with van der Waals surface area (Å²) in [6.45, 7) is 3.21. The zero-order valence-corrected chi connectivity index (χ0v) is 18.6. The van der Waals surface area contributed by atoms with Crippen molar-refractivity contribution in [1.82, 2.24) is 4.90 Å². The smallest absolute Gasteiger partial charge is 0.0589 e. The molecule has 0 radical (unpaired) electrons. The average Bonchev–Trinajstić information content (AvgIpc) is 2.83. The zero-order chi connectivity index (χ0) is 21.0. The first-order valence-electron chi connectivity index (χ1n) is 11.4. The van der Waals surface area contributed by atoms with Crippen LogP contribution in [0.15, 0.2) is 89.9 Å². The summed E-state index contributed by atoms with van der Waals surface area (Å²) in [5, 5.41) is 0.793. The van der Waals surface area contributed by atoms with Gasteiger partial charge in [-0.15, -0.1) is 0 Å². The van der Waals surface area contributed by atoms with E-state index in [1.807, 2.05) is 12.1 Å². The van der Waals surface area contributed by atoms with Crippen LogP contribution in [-0.2, 0) is 6.42 Å². The van der Waals surface area contributed by atoms with Gasteiger partial charge in [0.2, 0.25) is 0 Å². The Balaban J connectivity index is 1.48. The number of aliphatic imine (C=N–C) groups is 1. The third kappa shape index (κ3) is 4.46. The van der Waals surface area contributed by atoms with Crippen LogP contribution < -0.4 is 0 Å². The number of benzene rings is 3. The van der Waals surface area contributed by atoms with Crippen molar-refractivity contribution in [3.63, 3.8) is 0 Å². The molecule has 3 aliphatic heterocycles. The molecular formula is C28H29ClN2. The first-order valence-corrected chi connectivity index (χ1v) is 11.8. The van der Waals surface area contributed by atoms with Crippen LogP contribution in [0.4, 0.5) is 0 Å². The number of nitrogens with zero attached hydrogens (tertiary/aromatic N) is 2. The monoisotopic (exact) mass is 428 g/mol. The molecule has 2 bridgehead atoms. The number of hydrogen-bond donors (Lipinski definition) is 0. The Morgan fingerprint density at radius 1 is 0.806 bits per heavy atom. The largest absolute Gasteiger partial charge is 0.294 e. The number of rotatable bonds is 6. The standard InChI is InChI=1S/C28H29ClN2/c29-25-13-11-21(12-14-25)15-18-30-27-24-16-19-31(20-17-24)28(27)26(22-7-3-1-4-8-22)23-9-5-2-6-10-23/h1-14,24,26,28H,15-20H2. The van der Waals surface area contributed by atoms with Gasteiger partial charge < -0.3 is 0 Å². The van der Waals surface area contributed by atoms with Gasteiger partial charge in [0.1, 0.15) is 0 Å². The molecule has 0 aromatic heterocycles. The van der Waals surface area contributed by atoms with Crippen LogP contribution in [0.1, 0.15) is 35.4 Å². The lowest BCUT2D eigenvalue weighted by Gasteiger charge is -2.49. The second kappa shape index (κ2) is 9.38. The molecule has 0 saturated carbocycles. The van der Waals surface area contributed by atoms with Crippen molar-refractivity contribution < 1.29 is 0 Å². The van der Waals surface area contributed by atoms with Gasteiger partial charge in [0.15, 0.2) is 0 Å². The van der Waals surface area contributed by atoms with Crippen LogP contribution in [0.3, 0.4) is 0 Å². The molecule has 0 N–H and O–H groups in total. The molecule has 3 aromatic rings. The van der Waals surface area contributed by atoms with Gasteiger partial charge in [-0.25, -0.2) is 0 Å². The SMILES string of the molecule is Clc1ccc(CCN=C2C3CCN(CC3)C2C(c2ccccc2)c2ccccc2)cc1. The van der Waals surface area contributed by atoms with Crippen molar-refractivity contribution in [3.05, 3.63) is 107 Å². The summed E-state index contributed by atoms with van der Waals surface area (Å²) in [5.41, 5.74) is 5.49.